The molecular formula is C5H9FO3S. The Hall–Kier alpha value is -0.160. The predicted octanol–water partition coefficient (Wildman–Crippen LogP) is 0.765. The first-order valence-electron chi connectivity index (χ1n) is 3.10. The molecule has 0 amide bonds. The minimum Gasteiger partial charge on any atom is -0.285 e. The van der Waals surface area contributed by atoms with Crippen molar-refractivity contribution < 1.29 is 17.4 Å². The van der Waals surface area contributed by atoms with Crippen LogP contribution in [0.3, 0.4) is 0 Å². The molecule has 1 aliphatic rings. The van der Waals surface area contributed by atoms with E-state index >= 15 is 0 Å². The molecule has 0 saturated heterocycles. The molecule has 1 N–H and O–H groups in total. The molecule has 60 valence electrons. The van der Waals surface area contributed by atoms with E-state index in [4.69, 9.17) is 4.55 Å². The average Bonchev–Trinajstić information content (AvgIpc) is 2.11. The van der Waals surface area contributed by atoms with E-state index in [-0.39, 0.29) is 19.3 Å². The van der Waals surface area contributed by atoms with Crippen LogP contribution in [0.25, 0.3) is 0 Å². The van der Waals surface area contributed by atoms with Gasteiger partial charge in [-0.3, -0.25) is 4.55 Å². The third kappa shape index (κ3) is 1.67. The van der Waals surface area contributed by atoms with E-state index in [0.29, 0.717) is 0 Å². The Morgan fingerprint density at radius 3 is 2.20 bits per heavy atom. The maximum absolute atomic E-state index is 12.3. The van der Waals surface area contributed by atoms with Gasteiger partial charge < -0.3 is 0 Å². The molecule has 1 fully saturated rings. The smallest absolute Gasteiger partial charge is 0.267 e. The van der Waals surface area contributed by atoms with Gasteiger partial charge in [0.1, 0.15) is 6.17 Å². The highest BCUT2D eigenvalue weighted by molar-refractivity contribution is 7.86. The zero-order valence-corrected chi connectivity index (χ0v) is 6.14. The first-order chi connectivity index (χ1) is 4.50. The van der Waals surface area contributed by atoms with Crippen LogP contribution in [0.5, 0.6) is 0 Å². The van der Waals surface area contributed by atoms with Gasteiger partial charge in [-0.1, -0.05) is 0 Å². The summed E-state index contributed by atoms with van der Waals surface area (Å²) in [5.41, 5.74) is 0. The number of rotatable bonds is 1. The molecule has 10 heavy (non-hydrogen) atoms. The second kappa shape index (κ2) is 2.47. The lowest BCUT2D eigenvalue weighted by atomic mass is 10.3. The first-order valence-corrected chi connectivity index (χ1v) is 4.61. The van der Waals surface area contributed by atoms with Gasteiger partial charge in [0.2, 0.25) is 0 Å². The monoisotopic (exact) mass is 168 g/mol. The van der Waals surface area contributed by atoms with Gasteiger partial charge >= 0.3 is 0 Å². The van der Waals surface area contributed by atoms with Gasteiger partial charge in [-0.25, -0.2) is 4.39 Å². The third-order valence-electron chi connectivity index (χ3n) is 1.74. The maximum atomic E-state index is 12.3. The molecule has 0 aromatic rings. The van der Waals surface area contributed by atoms with Gasteiger partial charge in [0.15, 0.2) is 0 Å². The molecule has 1 aliphatic carbocycles. The van der Waals surface area contributed by atoms with Gasteiger partial charge in [-0.05, 0) is 19.3 Å². The fraction of sp³-hybridized carbons (Fsp3) is 1.00. The number of hydrogen-bond acceptors (Lipinski definition) is 2. The van der Waals surface area contributed by atoms with Crippen molar-refractivity contribution in [2.24, 2.45) is 0 Å². The molecule has 0 aromatic carbocycles. The van der Waals surface area contributed by atoms with Gasteiger partial charge in [0.05, 0.1) is 5.25 Å². The summed E-state index contributed by atoms with van der Waals surface area (Å²) in [7, 11) is -3.98. The lowest BCUT2D eigenvalue weighted by Crippen LogP contribution is -2.16. The normalized spacial score (nSPS) is 34.6. The zero-order valence-electron chi connectivity index (χ0n) is 5.33. The van der Waals surface area contributed by atoms with Crippen molar-refractivity contribution in [2.75, 3.05) is 0 Å². The van der Waals surface area contributed by atoms with E-state index in [9.17, 15) is 12.8 Å². The topological polar surface area (TPSA) is 54.4 Å². The Morgan fingerprint density at radius 2 is 2.00 bits per heavy atom. The summed E-state index contributed by atoms with van der Waals surface area (Å²) in [5.74, 6) is 0. The van der Waals surface area contributed by atoms with Crippen LogP contribution in [-0.2, 0) is 10.1 Å². The van der Waals surface area contributed by atoms with E-state index < -0.39 is 21.5 Å². The molecule has 1 rings (SSSR count). The minimum absolute atomic E-state index is 0.0428. The second-order valence-electron chi connectivity index (χ2n) is 2.55. The highest BCUT2D eigenvalue weighted by atomic mass is 32.2. The van der Waals surface area contributed by atoms with Crippen molar-refractivity contribution in [1.29, 1.82) is 0 Å². The summed E-state index contributed by atoms with van der Waals surface area (Å²) in [5, 5.41) is -0.859. The number of hydrogen-bond donors (Lipinski definition) is 1. The van der Waals surface area contributed by atoms with E-state index in [0.717, 1.165) is 0 Å². The minimum atomic E-state index is -3.98. The maximum Gasteiger partial charge on any atom is 0.267 e. The van der Waals surface area contributed by atoms with Crippen molar-refractivity contribution in [3.05, 3.63) is 0 Å². The molecular weight excluding hydrogens is 159 g/mol. The number of halogens is 1. The van der Waals surface area contributed by atoms with Crippen LogP contribution in [-0.4, -0.2) is 24.4 Å². The van der Waals surface area contributed by atoms with Crippen LogP contribution in [0.15, 0.2) is 0 Å². The van der Waals surface area contributed by atoms with E-state index in [1.807, 2.05) is 0 Å². The third-order valence-corrected chi connectivity index (χ3v) is 3.01. The Kier molecular flexibility index (Phi) is 1.96. The van der Waals surface area contributed by atoms with Crippen molar-refractivity contribution in [3.63, 3.8) is 0 Å². The lowest BCUT2D eigenvalue weighted by Gasteiger charge is -2.01. The van der Waals surface area contributed by atoms with Gasteiger partial charge in [-0.2, -0.15) is 8.42 Å². The molecule has 3 nitrogen and oxygen atoms in total. The summed E-state index contributed by atoms with van der Waals surface area (Å²) >= 11 is 0. The summed E-state index contributed by atoms with van der Waals surface area (Å²) in [6.07, 6.45) is -0.588. The largest absolute Gasteiger partial charge is 0.285 e. The Bertz CT molecular complexity index is 211. The van der Waals surface area contributed by atoms with Crippen LogP contribution in [0.2, 0.25) is 0 Å². The molecule has 0 aromatic heterocycles. The van der Waals surface area contributed by atoms with Crippen LogP contribution in [0.1, 0.15) is 19.3 Å². The van der Waals surface area contributed by atoms with Crippen molar-refractivity contribution >= 4 is 10.1 Å². The van der Waals surface area contributed by atoms with E-state index in [1.54, 1.807) is 0 Å². The highest BCUT2D eigenvalue weighted by Crippen LogP contribution is 2.26. The number of alkyl halides is 1. The van der Waals surface area contributed by atoms with Crippen molar-refractivity contribution in [2.45, 2.75) is 30.7 Å². The molecule has 1 saturated carbocycles. The average molecular weight is 168 g/mol. The Balaban J connectivity index is 2.62. The Labute approximate surface area is 59.0 Å². The predicted molar refractivity (Wildman–Crippen MR) is 34.1 cm³/mol. The molecule has 0 bridgehead atoms. The second-order valence-corrected chi connectivity index (χ2v) is 4.24. The van der Waals surface area contributed by atoms with Crippen LogP contribution < -0.4 is 0 Å². The van der Waals surface area contributed by atoms with E-state index in [2.05, 4.69) is 0 Å². The molecule has 2 unspecified atom stereocenters. The first kappa shape index (κ1) is 7.94. The zero-order chi connectivity index (χ0) is 7.78. The molecule has 0 spiro atoms. The molecule has 0 radical (unpaired) electrons. The summed E-state index contributed by atoms with van der Waals surface area (Å²) in [6.45, 7) is 0. The quantitative estimate of drug-likeness (QED) is 0.588. The summed E-state index contributed by atoms with van der Waals surface area (Å²) in [4.78, 5) is 0. The fourth-order valence-electron chi connectivity index (χ4n) is 1.16. The molecule has 5 heteroatoms. The van der Waals surface area contributed by atoms with Crippen molar-refractivity contribution in [3.8, 4) is 0 Å². The van der Waals surface area contributed by atoms with Crippen LogP contribution >= 0.6 is 0 Å². The van der Waals surface area contributed by atoms with Gasteiger partial charge in [-0.15, -0.1) is 0 Å². The van der Waals surface area contributed by atoms with Crippen LogP contribution in [0, 0.1) is 0 Å². The highest BCUT2D eigenvalue weighted by Gasteiger charge is 2.32. The van der Waals surface area contributed by atoms with Gasteiger partial charge in [0, 0.05) is 0 Å². The SMILES string of the molecule is O=S(=O)(O)C1CCC(F)C1. The summed E-state index contributed by atoms with van der Waals surface area (Å²) in [6, 6.07) is 0. The van der Waals surface area contributed by atoms with E-state index in [1.165, 1.54) is 0 Å². The van der Waals surface area contributed by atoms with Crippen LogP contribution in [0.4, 0.5) is 4.39 Å². The van der Waals surface area contributed by atoms with Crippen molar-refractivity contribution in [1.82, 2.24) is 0 Å². The fourth-order valence-corrected chi connectivity index (χ4v) is 2.04. The molecule has 2 atom stereocenters. The molecule has 0 aliphatic heterocycles. The summed E-state index contributed by atoms with van der Waals surface area (Å²) < 4.78 is 41.5. The standard InChI is InChI=1S/C5H9FO3S/c6-4-1-2-5(3-4)10(7,8)9/h4-5H,1-3H2,(H,7,8,9). The molecule has 0 heterocycles. The Morgan fingerprint density at radius 1 is 1.40 bits per heavy atom. The lowest BCUT2D eigenvalue weighted by molar-refractivity contribution is 0.341. The van der Waals surface area contributed by atoms with Gasteiger partial charge in [0.25, 0.3) is 10.1 Å².